The summed E-state index contributed by atoms with van der Waals surface area (Å²) >= 11 is 0. The minimum Gasteiger partial charge on any atom is -0.497 e. The van der Waals surface area contributed by atoms with Crippen LogP contribution in [-0.2, 0) is 4.79 Å². The molecule has 1 unspecified atom stereocenters. The molecule has 2 aromatic carbocycles. The van der Waals surface area contributed by atoms with Crippen LogP contribution in [0.4, 0.5) is 4.39 Å². The summed E-state index contributed by atoms with van der Waals surface area (Å²) in [5.74, 6) is -0.177. The number of rotatable bonds is 5. The van der Waals surface area contributed by atoms with Gasteiger partial charge in [-0.3, -0.25) is 4.79 Å². The van der Waals surface area contributed by atoms with Gasteiger partial charge in [0, 0.05) is 6.07 Å². The van der Waals surface area contributed by atoms with Gasteiger partial charge in [-0.25, -0.2) is 4.39 Å². The lowest BCUT2D eigenvalue weighted by Gasteiger charge is -2.33. The largest absolute Gasteiger partial charge is 0.497 e. The van der Waals surface area contributed by atoms with Crippen LogP contribution in [0.5, 0.6) is 5.75 Å². The lowest BCUT2D eigenvalue weighted by Crippen LogP contribution is -2.30. The number of methoxy groups -OCH3 is 1. The van der Waals surface area contributed by atoms with Crippen LogP contribution in [0, 0.1) is 23.1 Å². The first kappa shape index (κ1) is 18.9. The van der Waals surface area contributed by atoms with E-state index in [1.165, 1.54) is 13.2 Å². The molecule has 0 spiro atoms. The topological polar surface area (TPSA) is 76.1 Å². The first-order chi connectivity index (χ1) is 13.0. The molecule has 2 aromatic rings. The average Bonchev–Trinajstić information content (AvgIpc) is 2.69. The smallest absolute Gasteiger partial charge is 0.225 e. The molecule has 1 aliphatic carbocycles. The number of amides is 1. The number of halogens is 1. The van der Waals surface area contributed by atoms with Crippen molar-refractivity contribution in [2.75, 3.05) is 7.11 Å². The SMILES string of the molecule is COc1ccc(C2CCC(C(C(N)=O)c3ccc(C#N)cc3)CC2)c(F)c1. The standard InChI is InChI=1S/C22H23FN2O2/c1-27-18-10-11-19(20(23)12-18)15-6-8-17(9-7-15)21(22(25)26)16-4-2-14(13-24)3-5-16/h2-5,10-12,15,17,21H,6-9H2,1H3,(H2,25,26). The Bertz CT molecular complexity index is 850. The molecule has 1 aliphatic rings. The fraction of sp³-hybridized carbons (Fsp3) is 0.364. The highest BCUT2D eigenvalue weighted by atomic mass is 19.1. The third-order valence-corrected chi connectivity index (χ3v) is 5.60. The van der Waals surface area contributed by atoms with Gasteiger partial charge in [-0.15, -0.1) is 0 Å². The lowest BCUT2D eigenvalue weighted by molar-refractivity contribution is -0.120. The maximum absolute atomic E-state index is 14.4. The molecule has 1 amide bonds. The molecule has 0 saturated heterocycles. The second kappa shape index (κ2) is 8.22. The van der Waals surface area contributed by atoms with Crippen molar-refractivity contribution in [3.63, 3.8) is 0 Å². The third-order valence-electron chi connectivity index (χ3n) is 5.60. The predicted octanol–water partition coefficient (Wildman–Crippen LogP) is 4.25. The van der Waals surface area contributed by atoms with Crippen LogP contribution < -0.4 is 10.5 Å². The molecule has 0 aliphatic heterocycles. The number of carbonyl (C=O) groups excluding carboxylic acids is 1. The highest BCUT2D eigenvalue weighted by Crippen LogP contribution is 2.42. The zero-order chi connectivity index (χ0) is 19.4. The summed E-state index contributed by atoms with van der Waals surface area (Å²) in [4.78, 5) is 12.1. The molecule has 2 N–H and O–H groups in total. The number of hydrogen-bond acceptors (Lipinski definition) is 3. The zero-order valence-corrected chi connectivity index (χ0v) is 15.3. The number of ether oxygens (including phenoxy) is 1. The normalized spacial score (nSPS) is 20.5. The van der Waals surface area contributed by atoms with Crippen LogP contribution in [0.1, 0.15) is 54.2 Å². The van der Waals surface area contributed by atoms with Gasteiger partial charge in [0.05, 0.1) is 24.7 Å². The summed E-state index contributed by atoms with van der Waals surface area (Å²) < 4.78 is 19.4. The van der Waals surface area contributed by atoms with Gasteiger partial charge >= 0.3 is 0 Å². The van der Waals surface area contributed by atoms with Gasteiger partial charge in [-0.2, -0.15) is 5.26 Å². The number of benzene rings is 2. The summed E-state index contributed by atoms with van der Waals surface area (Å²) in [5.41, 5.74) is 7.81. The Hall–Kier alpha value is -2.87. The monoisotopic (exact) mass is 366 g/mol. The van der Waals surface area contributed by atoms with Crippen molar-refractivity contribution in [2.45, 2.75) is 37.5 Å². The minimum absolute atomic E-state index is 0.132. The van der Waals surface area contributed by atoms with Gasteiger partial charge in [0.1, 0.15) is 11.6 Å². The number of nitriles is 1. The molecule has 140 valence electrons. The Kier molecular flexibility index (Phi) is 5.75. The van der Waals surface area contributed by atoms with Crippen LogP contribution in [0.25, 0.3) is 0 Å². The van der Waals surface area contributed by atoms with E-state index in [0.717, 1.165) is 31.2 Å². The van der Waals surface area contributed by atoms with Gasteiger partial charge in [-0.05, 0) is 66.8 Å². The summed E-state index contributed by atoms with van der Waals surface area (Å²) in [6.45, 7) is 0. The highest BCUT2D eigenvalue weighted by Gasteiger charge is 2.33. The average molecular weight is 366 g/mol. The van der Waals surface area contributed by atoms with E-state index >= 15 is 0 Å². The fourth-order valence-corrected chi connectivity index (χ4v) is 4.16. The quantitative estimate of drug-likeness (QED) is 0.859. The molecule has 0 heterocycles. The Morgan fingerprint density at radius 1 is 1.19 bits per heavy atom. The van der Waals surface area contributed by atoms with Crippen molar-refractivity contribution in [3.8, 4) is 11.8 Å². The van der Waals surface area contributed by atoms with Gasteiger partial charge in [0.15, 0.2) is 0 Å². The highest BCUT2D eigenvalue weighted by molar-refractivity contribution is 5.82. The summed E-state index contributed by atoms with van der Waals surface area (Å²) in [6.07, 6.45) is 3.25. The summed E-state index contributed by atoms with van der Waals surface area (Å²) in [6, 6.07) is 14.1. The number of nitrogens with two attached hydrogens (primary N) is 1. The van der Waals surface area contributed by atoms with Crippen LogP contribution in [-0.4, -0.2) is 13.0 Å². The molecule has 0 radical (unpaired) electrons. The second-order valence-electron chi connectivity index (χ2n) is 7.11. The van der Waals surface area contributed by atoms with E-state index in [4.69, 9.17) is 15.7 Å². The number of primary amides is 1. The summed E-state index contributed by atoms with van der Waals surface area (Å²) in [5, 5.41) is 8.94. The molecular formula is C22H23FN2O2. The van der Waals surface area contributed by atoms with Crippen molar-refractivity contribution in [1.29, 1.82) is 5.26 Å². The minimum atomic E-state index is -0.376. The van der Waals surface area contributed by atoms with E-state index in [9.17, 15) is 9.18 Å². The van der Waals surface area contributed by atoms with Gasteiger partial charge < -0.3 is 10.5 Å². The van der Waals surface area contributed by atoms with Crippen LogP contribution in [0.3, 0.4) is 0 Å². The maximum Gasteiger partial charge on any atom is 0.225 e. The molecule has 1 saturated carbocycles. The van der Waals surface area contributed by atoms with Crippen molar-refractivity contribution in [1.82, 2.24) is 0 Å². The Morgan fingerprint density at radius 2 is 1.85 bits per heavy atom. The molecule has 4 nitrogen and oxygen atoms in total. The lowest BCUT2D eigenvalue weighted by atomic mass is 9.71. The molecular weight excluding hydrogens is 343 g/mol. The Morgan fingerprint density at radius 3 is 2.37 bits per heavy atom. The fourth-order valence-electron chi connectivity index (χ4n) is 4.16. The molecule has 1 fully saturated rings. The van der Waals surface area contributed by atoms with E-state index in [2.05, 4.69) is 6.07 Å². The van der Waals surface area contributed by atoms with Crippen LogP contribution >= 0.6 is 0 Å². The number of carbonyl (C=O) groups is 1. The van der Waals surface area contributed by atoms with Crippen molar-refractivity contribution in [2.24, 2.45) is 11.7 Å². The summed E-state index contributed by atoms with van der Waals surface area (Å²) in [7, 11) is 1.52. The van der Waals surface area contributed by atoms with Gasteiger partial charge in [0.25, 0.3) is 0 Å². The first-order valence-electron chi connectivity index (χ1n) is 9.16. The second-order valence-corrected chi connectivity index (χ2v) is 7.11. The van der Waals surface area contributed by atoms with Crippen LogP contribution in [0.15, 0.2) is 42.5 Å². The molecule has 0 bridgehead atoms. The maximum atomic E-state index is 14.4. The Balaban J connectivity index is 1.72. The number of nitrogens with zero attached hydrogens (tertiary/aromatic N) is 1. The van der Waals surface area contributed by atoms with E-state index in [0.29, 0.717) is 16.9 Å². The van der Waals surface area contributed by atoms with Crippen LogP contribution in [0.2, 0.25) is 0 Å². The Labute approximate surface area is 158 Å². The van der Waals surface area contributed by atoms with E-state index < -0.39 is 0 Å². The van der Waals surface area contributed by atoms with E-state index in [1.54, 1.807) is 24.3 Å². The molecule has 27 heavy (non-hydrogen) atoms. The molecule has 3 rings (SSSR count). The van der Waals surface area contributed by atoms with Crippen molar-refractivity contribution >= 4 is 5.91 Å². The van der Waals surface area contributed by atoms with Gasteiger partial charge in [-0.1, -0.05) is 18.2 Å². The predicted molar refractivity (Wildman–Crippen MR) is 101 cm³/mol. The molecule has 1 atom stereocenters. The van der Waals surface area contributed by atoms with Gasteiger partial charge in [0.2, 0.25) is 5.91 Å². The van der Waals surface area contributed by atoms with Crippen molar-refractivity contribution < 1.29 is 13.9 Å². The first-order valence-corrected chi connectivity index (χ1v) is 9.16. The number of hydrogen-bond donors (Lipinski definition) is 1. The molecule has 5 heteroatoms. The zero-order valence-electron chi connectivity index (χ0n) is 15.3. The van der Waals surface area contributed by atoms with E-state index in [1.807, 2.05) is 12.1 Å². The molecule has 0 aromatic heterocycles. The van der Waals surface area contributed by atoms with E-state index in [-0.39, 0.29) is 29.5 Å². The third kappa shape index (κ3) is 4.11. The van der Waals surface area contributed by atoms with Crippen molar-refractivity contribution in [3.05, 3.63) is 65.0 Å².